The average molecular weight is 417 g/mol. The summed E-state index contributed by atoms with van der Waals surface area (Å²) in [6, 6.07) is 15.4. The summed E-state index contributed by atoms with van der Waals surface area (Å²) in [5.74, 6) is -0.147. The molecule has 0 saturated carbocycles. The van der Waals surface area contributed by atoms with Gasteiger partial charge in [-0.1, -0.05) is 42.5 Å². The second kappa shape index (κ2) is 9.51. The lowest BCUT2D eigenvalue weighted by atomic mass is 9.97. The lowest BCUT2D eigenvalue weighted by Gasteiger charge is -2.32. The number of para-hydroxylation sites is 1. The molecule has 2 aliphatic rings. The molecule has 0 aromatic heterocycles. The van der Waals surface area contributed by atoms with E-state index >= 15 is 0 Å². The van der Waals surface area contributed by atoms with Crippen molar-refractivity contribution in [1.82, 2.24) is 4.90 Å². The van der Waals surface area contributed by atoms with Crippen LogP contribution in [-0.4, -0.2) is 49.6 Å². The fourth-order valence-corrected chi connectivity index (χ4v) is 3.99. The summed E-state index contributed by atoms with van der Waals surface area (Å²) in [4.78, 5) is 7.88. The van der Waals surface area contributed by atoms with Crippen LogP contribution in [0.5, 0.6) is 0 Å². The first-order valence-corrected chi connectivity index (χ1v) is 10.4. The van der Waals surface area contributed by atoms with Gasteiger partial charge >= 0.3 is 0 Å². The Morgan fingerprint density at radius 2 is 1.70 bits per heavy atom. The van der Waals surface area contributed by atoms with Crippen LogP contribution in [0.15, 0.2) is 59.6 Å². The number of likely N-dealkylation sites (tertiary alicyclic amines) is 1. The molecule has 1 saturated heterocycles. The van der Waals surface area contributed by atoms with E-state index in [1.165, 1.54) is 16.5 Å². The van der Waals surface area contributed by atoms with Crippen molar-refractivity contribution in [3.05, 3.63) is 66.0 Å². The van der Waals surface area contributed by atoms with Gasteiger partial charge in [0, 0.05) is 6.54 Å². The van der Waals surface area contributed by atoms with E-state index in [-0.39, 0.29) is 18.3 Å². The Kier molecular flexibility index (Phi) is 6.57. The number of hydrogen-bond acceptors (Lipinski definition) is 4. The van der Waals surface area contributed by atoms with Gasteiger partial charge in [-0.2, -0.15) is 0 Å². The molecule has 2 aliphatic heterocycles. The first-order valence-electron chi connectivity index (χ1n) is 10.4. The zero-order valence-electron chi connectivity index (χ0n) is 16.8. The van der Waals surface area contributed by atoms with Gasteiger partial charge in [-0.05, 0) is 49.5 Å². The summed E-state index contributed by atoms with van der Waals surface area (Å²) in [7, 11) is 0. The van der Waals surface area contributed by atoms with Crippen LogP contribution in [0.1, 0.15) is 18.4 Å². The number of nitrogens with zero attached hydrogens (tertiary/aromatic N) is 3. The molecule has 2 aromatic carbocycles. The number of hydrogen-bond donors (Lipinski definition) is 0. The number of rotatable bonds is 6. The highest BCUT2D eigenvalue weighted by Crippen LogP contribution is 2.27. The molecule has 0 bridgehead atoms. The maximum atomic E-state index is 14.2. The summed E-state index contributed by atoms with van der Waals surface area (Å²) >= 11 is 0. The highest BCUT2D eigenvalue weighted by molar-refractivity contribution is 5.94. The van der Waals surface area contributed by atoms with Gasteiger partial charge < -0.3 is 4.74 Å². The predicted octanol–water partition coefficient (Wildman–Crippen LogP) is 4.56. The monoisotopic (exact) mass is 417 g/mol. The molecular weight excluding hydrogens is 391 g/mol. The predicted molar refractivity (Wildman–Crippen MR) is 111 cm³/mol. The summed E-state index contributed by atoms with van der Waals surface area (Å²) < 4.78 is 46.5. The van der Waals surface area contributed by atoms with Crippen molar-refractivity contribution in [2.24, 2.45) is 10.9 Å². The van der Waals surface area contributed by atoms with E-state index in [9.17, 15) is 13.2 Å². The van der Waals surface area contributed by atoms with Crippen molar-refractivity contribution in [2.45, 2.75) is 31.9 Å². The fraction of sp³-hybridized carbons (Fsp3) is 0.435. The van der Waals surface area contributed by atoms with Gasteiger partial charge in [0.15, 0.2) is 0 Å². The molecule has 30 heavy (non-hydrogen) atoms. The minimum atomic E-state index is -2.61. The quantitative estimate of drug-likeness (QED) is 0.690. The van der Waals surface area contributed by atoms with Crippen LogP contribution in [0.2, 0.25) is 0 Å². The number of halogens is 3. The van der Waals surface area contributed by atoms with Gasteiger partial charge in [0.1, 0.15) is 11.9 Å². The van der Waals surface area contributed by atoms with Crippen LogP contribution >= 0.6 is 0 Å². The van der Waals surface area contributed by atoms with Crippen LogP contribution in [0.25, 0.3) is 0 Å². The fourth-order valence-electron chi connectivity index (χ4n) is 3.99. The van der Waals surface area contributed by atoms with Crippen LogP contribution in [0.3, 0.4) is 0 Å². The lowest BCUT2D eigenvalue weighted by Crippen LogP contribution is -2.37. The van der Waals surface area contributed by atoms with E-state index in [1.807, 2.05) is 18.2 Å². The molecule has 0 aliphatic carbocycles. The number of alkyl halides is 2. The van der Waals surface area contributed by atoms with Crippen molar-refractivity contribution < 1.29 is 17.9 Å². The van der Waals surface area contributed by atoms with E-state index in [0.717, 1.165) is 32.5 Å². The van der Waals surface area contributed by atoms with Crippen molar-refractivity contribution in [3.63, 3.8) is 0 Å². The zero-order chi connectivity index (χ0) is 20.9. The molecule has 7 heteroatoms. The van der Waals surface area contributed by atoms with Crippen LogP contribution in [-0.2, 0) is 11.3 Å². The molecule has 4 nitrogen and oxygen atoms in total. The Bertz CT molecular complexity index is 854. The minimum absolute atomic E-state index is 0.0799. The van der Waals surface area contributed by atoms with Crippen molar-refractivity contribution in [1.29, 1.82) is 0 Å². The van der Waals surface area contributed by atoms with Crippen molar-refractivity contribution in [2.75, 3.05) is 31.1 Å². The van der Waals surface area contributed by atoms with E-state index < -0.39 is 18.3 Å². The highest BCUT2D eigenvalue weighted by Gasteiger charge is 2.35. The molecule has 2 aromatic rings. The Balaban J connectivity index is 1.33. The number of benzene rings is 2. The third-order valence-corrected chi connectivity index (χ3v) is 5.72. The summed E-state index contributed by atoms with van der Waals surface area (Å²) in [6.45, 7) is 3.18. The smallest absolute Gasteiger partial charge is 0.292 e. The van der Waals surface area contributed by atoms with Crippen LogP contribution in [0.4, 0.5) is 18.9 Å². The van der Waals surface area contributed by atoms with Gasteiger partial charge in [-0.15, -0.1) is 0 Å². The van der Waals surface area contributed by atoms with Crippen LogP contribution in [0, 0.1) is 11.7 Å². The Morgan fingerprint density at radius 3 is 2.40 bits per heavy atom. The largest absolute Gasteiger partial charge is 0.465 e. The number of ether oxygens (including phenoxy) is 1. The molecule has 0 spiro atoms. The van der Waals surface area contributed by atoms with Crippen molar-refractivity contribution in [3.8, 4) is 0 Å². The van der Waals surface area contributed by atoms with E-state index in [1.54, 1.807) is 18.2 Å². The molecule has 1 unspecified atom stereocenters. The normalized spacial score (nSPS) is 20.6. The van der Waals surface area contributed by atoms with E-state index in [4.69, 9.17) is 4.74 Å². The maximum Gasteiger partial charge on any atom is 0.292 e. The number of anilines is 1. The number of aliphatic imine (C=N–C) groups is 1. The lowest BCUT2D eigenvalue weighted by molar-refractivity contribution is 0.121. The third kappa shape index (κ3) is 4.95. The Hall–Kier alpha value is -2.54. The van der Waals surface area contributed by atoms with Crippen molar-refractivity contribution >= 4 is 11.7 Å². The molecule has 0 N–H and O–H groups in total. The Labute approximate surface area is 175 Å². The molecule has 160 valence electrons. The second-order valence-electron chi connectivity index (χ2n) is 7.89. The minimum Gasteiger partial charge on any atom is -0.465 e. The summed E-state index contributed by atoms with van der Waals surface area (Å²) in [5.41, 5.74) is 1.52. The molecule has 0 radical (unpaired) electrons. The SMILES string of the molecule is Fc1ccccc1N1CC(C(F)F)N=C1OCC1CCN(Cc2ccccc2)CC1. The van der Waals surface area contributed by atoms with Gasteiger partial charge in [-0.3, -0.25) is 9.80 Å². The molecular formula is C23H26F3N3O. The first kappa shape index (κ1) is 20.7. The van der Waals surface area contributed by atoms with Gasteiger partial charge in [-0.25, -0.2) is 18.2 Å². The number of piperidine rings is 1. The number of amidine groups is 1. The molecule has 2 heterocycles. The molecule has 1 fully saturated rings. The van der Waals surface area contributed by atoms with Gasteiger partial charge in [0.2, 0.25) is 0 Å². The molecule has 0 amide bonds. The molecule has 1 atom stereocenters. The van der Waals surface area contributed by atoms with Gasteiger partial charge in [0.25, 0.3) is 12.4 Å². The van der Waals surface area contributed by atoms with Crippen LogP contribution < -0.4 is 4.90 Å². The van der Waals surface area contributed by atoms with Gasteiger partial charge in [0.05, 0.1) is 18.8 Å². The zero-order valence-corrected chi connectivity index (χ0v) is 16.8. The van der Waals surface area contributed by atoms with E-state index in [0.29, 0.717) is 12.5 Å². The highest BCUT2D eigenvalue weighted by atomic mass is 19.3. The second-order valence-corrected chi connectivity index (χ2v) is 7.89. The summed E-state index contributed by atoms with van der Waals surface area (Å²) in [5, 5.41) is 0. The molecule has 4 rings (SSSR count). The summed E-state index contributed by atoms with van der Waals surface area (Å²) in [6.07, 6.45) is -0.669. The first-order chi connectivity index (χ1) is 14.6. The van der Waals surface area contributed by atoms with E-state index in [2.05, 4.69) is 22.0 Å². The Morgan fingerprint density at radius 1 is 1.00 bits per heavy atom. The maximum absolute atomic E-state index is 14.2. The third-order valence-electron chi connectivity index (χ3n) is 5.72. The average Bonchev–Trinajstić information content (AvgIpc) is 3.19. The standard InChI is InChI=1S/C23H26F3N3O/c24-19-8-4-5-9-21(19)29-15-20(22(25)26)27-23(29)30-16-18-10-12-28(13-11-18)14-17-6-2-1-3-7-17/h1-9,18,20,22H,10-16H2. The topological polar surface area (TPSA) is 28.1 Å².